The van der Waals surface area contributed by atoms with Crippen LogP contribution in [0.15, 0.2) is 71.8 Å². The van der Waals surface area contributed by atoms with Crippen LogP contribution >= 0.6 is 0 Å². The zero-order valence-corrected chi connectivity index (χ0v) is 32.9. The minimum Gasteiger partial charge on any atom is -0.456 e. The number of amides is 1. The molecule has 0 radical (unpaired) electrons. The zero-order chi connectivity index (χ0) is 48.2. The van der Waals surface area contributed by atoms with Crippen molar-refractivity contribution in [1.29, 1.82) is 0 Å². The molecule has 4 fully saturated rings. The molecule has 318 valence electrons. The van der Waals surface area contributed by atoms with Gasteiger partial charge >= 0.3 is 24.0 Å². The maximum absolute atomic E-state index is 15.0. The van der Waals surface area contributed by atoms with Crippen molar-refractivity contribution in [2.24, 2.45) is 16.7 Å². The van der Waals surface area contributed by atoms with Gasteiger partial charge in [-0.3, -0.25) is 14.5 Å². The molecule has 0 aromatic heterocycles. The summed E-state index contributed by atoms with van der Waals surface area (Å²) < 4.78 is 77.0. The lowest BCUT2D eigenvalue weighted by atomic mass is 9.44. The average Bonchev–Trinajstić information content (AvgIpc) is 3.50. The predicted octanol–water partition coefficient (Wildman–Crippen LogP) is 2.28. The summed E-state index contributed by atoms with van der Waals surface area (Å²) >= 11 is 0. The number of carbonyl (C=O) groups is 5. The second-order valence-corrected chi connectivity index (χ2v) is 16.8. The van der Waals surface area contributed by atoms with Crippen molar-refractivity contribution in [2.75, 3.05) is 6.61 Å². The summed E-state index contributed by atoms with van der Waals surface area (Å²) in [6.07, 6.45) is -16.7. The van der Waals surface area contributed by atoms with E-state index in [0.29, 0.717) is 0 Å². The summed E-state index contributed by atoms with van der Waals surface area (Å²) in [5, 5.41) is 61.1. The Morgan fingerprint density at radius 1 is 0.966 bits per heavy atom. The van der Waals surface area contributed by atoms with Crippen molar-refractivity contribution in [1.82, 2.24) is 4.90 Å². The summed E-state index contributed by atoms with van der Waals surface area (Å²) in [7, 11) is 0. The molecule has 59 heavy (non-hydrogen) atoms. The Bertz CT molecular complexity index is 2280. The van der Waals surface area contributed by atoms with Crippen LogP contribution in [-0.2, 0) is 38.1 Å². The fraction of sp³-hybridized carbons (Fsp3) is 0.558. The van der Waals surface area contributed by atoms with E-state index in [4.69, 9.17) is 31.9 Å². The maximum atomic E-state index is 15.0. The predicted molar refractivity (Wildman–Crippen MR) is 203 cm³/mol. The number of hydrogen-bond acceptors (Lipinski definition) is 15. The number of ether oxygens (including phenoxy) is 5. The molecule has 2 aromatic rings. The first-order chi connectivity index (χ1) is 30.0. The molecule has 7 rings (SSSR count). The second-order valence-electron chi connectivity index (χ2n) is 16.8. The lowest BCUT2D eigenvalue weighted by Gasteiger charge is -2.67. The number of Topliss-reactive ketones (excluding diaryl/α,β-unsaturated/α-hetero) is 1. The number of aliphatic hydroxyl groups is 5. The largest absolute Gasteiger partial charge is 0.456 e. The highest BCUT2D eigenvalue weighted by Gasteiger charge is 2.78. The standard InChI is InChI=1S/C43H51NO15/c1-21-25(56-36(51)31(48)29(23-14-10-8-11-15-23)44-37(52)40(5,6)59-38(44)53)19-43(54)34(57-35(50)24-16-12-9-13-17-24)32-41(7,33(49)30(47)28(21)39(43,3)4)26(46)18-27-42(32,20-55-27)58-22(2)45/h8-17,25-27,29-32,34,37,46-48,52,54H,18-20H2,1-7H3/t25-,26-,27+,29?,30+,31+,32-,34-,37?,41+,42-,43?/m0/s1/i5D3,6D3. The lowest BCUT2D eigenvalue weighted by Crippen LogP contribution is -2.81. The van der Waals surface area contributed by atoms with E-state index in [0.717, 1.165) is 6.92 Å². The second kappa shape index (κ2) is 14.5. The van der Waals surface area contributed by atoms with Crippen molar-refractivity contribution in [2.45, 2.75) is 127 Å². The number of ketones is 1. The van der Waals surface area contributed by atoms with Crippen LogP contribution in [0.1, 0.15) is 91.4 Å². The van der Waals surface area contributed by atoms with E-state index in [2.05, 4.69) is 0 Å². The Morgan fingerprint density at radius 3 is 2.15 bits per heavy atom. The van der Waals surface area contributed by atoms with Gasteiger partial charge in [-0.05, 0) is 56.4 Å². The fourth-order valence-corrected chi connectivity index (χ4v) is 10.1. The minimum atomic E-state index is -3.68. The smallest absolute Gasteiger partial charge is 0.413 e. The first-order valence-electron chi connectivity index (χ1n) is 22.1. The van der Waals surface area contributed by atoms with E-state index in [1.54, 1.807) is 18.2 Å². The van der Waals surface area contributed by atoms with Crippen molar-refractivity contribution < 1.29 is 81.4 Å². The average molecular weight is 828 g/mol. The molecule has 1 amide bonds. The molecule has 2 saturated heterocycles. The van der Waals surface area contributed by atoms with Gasteiger partial charge in [0.25, 0.3) is 0 Å². The van der Waals surface area contributed by atoms with E-state index in [9.17, 15) is 44.7 Å². The van der Waals surface area contributed by atoms with Crippen molar-refractivity contribution in [3.63, 3.8) is 0 Å². The Morgan fingerprint density at radius 2 is 1.59 bits per heavy atom. The van der Waals surface area contributed by atoms with Gasteiger partial charge in [-0.2, -0.15) is 0 Å². The van der Waals surface area contributed by atoms with Crippen LogP contribution in [0, 0.1) is 16.7 Å². The van der Waals surface area contributed by atoms with Crippen LogP contribution in [0.2, 0.25) is 0 Å². The third kappa shape index (κ3) is 6.29. The van der Waals surface area contributed by atoms with Gasteiger partial charge in [0, 0.05) is 33.4 Å². The van der Waals surface area contributed by atoms with Crippen LogP contribution in [0.4, 0.5) is 4.79 Å². The van der Waals surface area contributed by atoms with Crippen molar-refractivity contribution in [3.8, 4) is 0 Å². The Balaban J connectivity index is 1.37. The molecule has 2 aromatic carbocycles. The molecular formula is C43H51NO15. The van der Waals surface area contributed by atoms with Gasteiger partial charge in [-0.1, -0.05) is 62.4 Å². The highest BCUT2D eigenvalue weighted by Crippen LogP contribution is 2.64. The Labute approximate surface area is 349 Å². The van der Waals surface area contributed by atoms with Gasteiger partial charge in [0.15, 0.2) is 29.3 Å². The van der Waals surface area contributed by atoms with Crippen LogP contribution in [-0.4, -0.2) is 126 Å². The zero-order valence-electron chi connectivity index (χ0n) is 38.9. The number of cyclic esters (lactones) is 1. The van der Waals surface area contributed by atoms with Gasteiger partial charge in [0.2, 0.25) is 0 Å². The summed E-state index contributed by atoms with van der Waals surface area (Å²) in [5.41, 5.74) is -12.2. The normalized spacial score (nSPS) is 38.6. The molecule has 16 nitrogen and oxygen atoms in total. The van der Waals surface area contributed by atoms with Gasteiger partial charge in [0.05, 0.1) is 35.6 Å². The number of carbonyl (C=O) groups excluding carboxylic acids is 5. The molecule has 3 aliphatic carbocycles. The highest BCUT2D eigenvalue weighted by atomic mass is 16.6. The number of hydrogen-bond donors (Lipinski definition) is 5. The summed E-state index contributed by atoms with van der Waals surface area (Å²) in [5.74, 6) is -6.13. The van der Waals surface area contributed by atoms with Crippen LogP contribution in [0.5, 0.6) is 0 Å². The number of rotatable bonds is 8. The molecule has 2 aliphatic heterocycles. The molecule has 2 bridgehead atoms. The van der Waals surface area contributed by atoms with Gasteiger partial charge in [0.1, 0.15) is 30.0 Å². The number of benzene rings is 2. The molecule has 5 N–H and O–H groups in total. The highest BCUT2D eigenvalue weighted by molar-refractivity contribution is 5.94. The van der Waals surface area contributed by atoms with Gasteiger partial charge < -0.3 is 49.2 Å². The number of aliphatic hydroxyl groups excluding tert-OH is 4. The third-order valence-electron chi connectivity index (χ3n) is 13.2. The molecule has 2 saturated carbocycles. The first kappa shape index (κ1) is 35.1. The van der Waals surface area contributed by atoms with Crippen LogP contribution in [0.25, 0.3) is 0 Å². The van der Waals surface area contributed by atoms with E-state index in [-0.39, 0.29) is 40.2 Å². The van der Waals surface area contributed by atoms with E-state index >= 15 is 4.79 Å². The molecular weight excluding hydrogens is 770 g/mol. The molecule has 0 spiro atoms. The molecule has 5 aliphatic rings. The van der Waals surface area contributed by atoms with Gasteiger partial charge in [-0.15, -0.1) is 0 Å². The van der Waals surface area contributed by atoms with Crippen molar-refractivity contribution >= 4 is 29.8 Å². The molecule has 16 heteroatoms. The van der Waals surface area contributed by atoms with Crippen LogP contribution in [0.3, 0.4) is 0 Å². The molecule has 12 atom stereocenters. The lowest BCUT2D eigenvalue weighted by molar-refractivity contribution is -0.346. The number of fused-ring (bicyclic) bond motifs is 5. The fourth-order valence-electron chi connectivity index (χ4n) is 10.1. The van der Waals surface area contributed by atoms with E-state index in [1.165, 1.54) is 70.2 Å². The summed E-state index contributed by atoms with van der Waals surface area (Å²) in [6.45, 7) is -1.07. The molecule has 2 heterocycles. The molecule has 3 unspecified atom stereocenters. The third-order valence-corrected chi connectivity index (χ3v) is 13.2. The topological polar surface area (TPSA) is 236 Å². The van der Waals surface area contributed by atoms with E-state index in [1.807, 2.05) is 0 Å². The first-order valence-corrected chi connectivity index (χ1v) is 19.1. The van der Waals surface area contributed by atoms with Crippen LogP contribution < -0.4 is 0 Å². The summed E-state index contributed by atoms with van der Waals surface area (Å²) in [4.78, 5) is 70.4. The monoisotopic (exact) mass is 827 g/mol. The Hall–Kier alpha value is -4.71. The van der Waals surface area contributed by atoms with Gasteiger partial charge in [-0.25, -0.2) is 14.4 Å². The number of nitrogens with zero attached hydrogens (tertiary/aromatic N) is 1. The Kier molecular flexibility index (Phi) is 8.61. The van der Waals surface area contributed by atoms with Crippen molar-refractivity contribution in [3.05, 3.63) is 82.9 Å². The number of esters is 3. The minimum absolute atomic E-state index is 0.00669. The SMILES string of the molecule is [2H]C([2H])([2H])C1(C([2H])([2H])[2H])OC(=O)N(C(c2ccccc2)[C@@H](O)C(=O)O[C@H]2CC3(O)[C@@H](OC(=O)c4ccccc4)[C@@H]4[C@]5(OC(C)=O)CO[C@@H]5C[C@H](O)[C@@]4(C)C(=O)[C@H](O)C(=C2C)C3(C)C)C1O. The van der Waals surface area contributed by atoms with E-state index < -0.39 is 132 Å². The summed E-state index contributed by atoms with van der Waals surface area (Å²) in [6, 6.07) is 12.3. The quantitative estimate of drug-likeness (QED) is 0.146. The maximum Gasteiger partial charge on any atom is 0.413 e.